The van der Waals surface area contributed by atoms with Crippen molar-refractivity contribution in [2.75, 3.05) is 24.7 Å². The number of nitrogens with one attached hydrogen (secondary N) is 1. The number of hydrogen-bond donors (Lipinski definition) is 5. The Labute approximate surface area is 274 Å². The normalized spacial score (nSPS) is 37.7. The number of aromatic amines is 1. The highest BCUT2D eigenvalue weighted by atomic mass is 127. The molecule has 242 valence electrons. The van der Waals surface area contributed by atoms with Gasteiger partial charge in [0, 0.05) is 0 Å². The molecule has 0 aromatic carbocycles. The molecule has 19 nitrogen and oxygen atoms in total. The van der Waals surface area contributed by atoms with Gasteiger partial charge in [-0.05, 0) is 0 Å². The van der Waals surface area contributed by atoms with Crippen LogP contribution in [-0.4, -0.2) is 86.8 Å². The van der Waals surface area contributed by atoms with Gasteiger partial charge < -0.3 is 20.9 Å². The summed E-state index contributed by atoms with van der Waals surface area (Å²) < 4.78 is 79.8. The van der Waals surface area contributed by atoms with E-state index in [0.717, 1.165) is 10.9 Å². The molecule has 45 heavy (non-hydrogen) atoms. The second-order valence-electron chi connectivity index (χ2n) is 10.0. The summed E-state index contributed by atoms with van der Waals surface area (Å²) in [7, 11) is 0. The fraction of sp³-hybridized carbons (Fsp3) is 0.500. The third-order valence-corrected chi connectivity index (χ3v) is 12.0. The number of nitrogens with two attached hydrogens (primary N) is 2. The summed E-state index contributed by atoms with van der Waals surface area (Å²) in [5.74, 6) is -0.113. The first-order valence-electron chi connectivity index (χ1n) is 12.9. The van der Waals surface area contributed by atoms with Crippen molar-refractivity contribution >= 4 is 94.8 Å². The van der Waals surface area contributed by atoms with E-state index in [-0.39, 0.29) is 29.5 Å². The Bertz CT molecular complexity index is 1950. The van der Waals surface area contributed by atoms with Crippen LogP contribution in [0, 0.1) is 0 Å². The van der Waals surface area contributed by atoms with E-state index in [9.17, 15) is 13.9 Å². The first kappa shape index (κ1) is 31.7. The maximum absolute atomic E-state index is 16.1. The van der Waals surface area contributed by atoms with Crippen molar-refractivity contribution < 1.29 is 41.1 Å². The molecule has 10 atom stereocenters. The summed E-state index contributed by atoms with van der Waals surface area (Å²) in [6.45, 7) is -9.51. The van der Waals surface area contributed by atoms with Crippen LogP contribution in [0.1, 0.15) is 12.5 Å². The number of halogens is 2. The van der Waals surface area contributed by atoms with E-state index >= 15 is 4.39 Å². The molecule has 0 spiro atoms. The highest BCUT2D eigenvalue weighted by molar-refractivity contribution is 14.1. The van der Waals surface area contributed by atoms with Gasteiger partial charge in [0.05, 0.1) is 35.9 Å². The molecule has 3 aliphatic heterocycles. The fourth-order valence-electron chi connectivity index (χ4n) is 5.23. The average molecular weight is 818 g/mol. The summed E-state index contributed by atoms with van der Waals surface area (Å²) in [6, 6.07) is 0. The zero-order valence-corrected chi connectivity index (χ0v) is 28.0. The molecular formula is C20H22FIN10O9P2S2. The Morgan fingerprint density at radius 3 is 2.27 bits per heavy atom. The number of imidazole rings is 2. The van der Waals surface area contributed by atoms with Gasteiger partial charge in [-0.3, -0.25) is 37.0 Å². The second kappa shape index (κ2) is 11.6. The van der Waals surface area contributed by atoms with Crippen LogP contribution in [0.5, 0.6) is 0 Å². The van der Waals surface area contributed by atoms with Crippen LogP contribution in [0.25, 0.3) is 22.3 Å². The van der Waals surface area contributed by atoms with E-state index in [1.807, 2.05) is 22.6 Å². The predicted molar refractivity (Wildman–Crippen MR) is 168 cm³/mol. The van der Waals surface area contributed by atoms with Gasteiger partial charge >= 0.3 is 13.6 Å². The van der Waals surface area contributed by atoms with Crippen molar-refractivity contribution in [2.24, 2.45) is 0 Å². The summed E-state index contributed by atoms with van der Waals surface area (Å²) >= 11 is 10.2. The van der Waals surface area contributed by atoms with Crippen LogP contribution in [0.15, 0.2) is 23.8 Å². The standard InChI is InChI=1S/C20H22FIN10O9P2S2/c21-8-12-7(39-18(8)32-5-28-11-16(32)29-20(24)30-17(11)33)2-37-43(35,45)41-13-9(22)6(1-36-42(34,44)40-12)38-19(13)31-4-27-10-14(23)25-3-26-15(10)31/h3-9,12-13,18-19H,1-2H2,(H,34,44)(H,35,45)(H2,23,25,26)(H3,24,29,30,33)/t6-,7-,8-,9-,12-,13-,18-,19-,42+,43-/m1/s1. The van der Waals surface area contributed by atoms with Crippen molar-refractivity contribution in [2.45, 2.75) is 47.0 Å². The van der Waals surface area contributed by atoms with Crippen LogP contribution >= 0.6 is 60.7 Å². The molecule has 7 heterocycles. The minimum atomic E-state index is -4.31. The summed E-state index contributed by atoms with van der Waals surface area (Å²) in [4.78, 5) is 34.9. The fourth-order valence-corrected chi connectivity index (χ4v) is 9.29. The zero-order chi connectivity index (χ0) is 31.8. The predicted octanol–water partition coefficient (Wildman–Crippen LogP) is 1.95. The molecule has 25 heteroatoms. The maximum Gasteiger partial charge on any atom is 0.386 e. The summed E-state index contributed by atoms with van der Waals surface area (Å²) in [5, 5.41) is 0. The molecule has 3 saturated heterocycles. The topological polar surface area (TPSA) is 249 Å². The number of nitrogens with zero attached hydrogens (tertiary/aromatic N) is 7. The van der Waals surface area contributed by atoms with E-state index in [1.165, 1.54) is 17.2 Å². The van der Waals surface area contributed by atoms with Crippen LogP contribution in [0.3, 0.4) is 0 Å². The van der Waals surface area contributed by atoms with Gasteiger partial charge in [0.15, 0.2) is 41.3 Å². The third kappa shape index (κ3) is 5.79. The number of anilines is 2. The lowest BCUT2D eigenvalue weighted by atomic mass is 10.1. The first-order valence-corrected chi connectivity index (χ1v) is 19.5. The highest BCUT2D eigenvalue weighted by Gasteiger charge is 2.53. The second-order valence-corrected chi connectivity index (χ2v) is 17.2. The van der Waals surface area contributed by atoms with Crippen LogP contribution in [0.4, 0.5) is 16.2 Å². The molecule has 0 aliphatic carbocycles. The quantitative estimate of drug-likeness (QED) is 0.0840. The van der Waals surface area contributed by atoms with E-state index in [0.29, 0.717) is 11.2 Å². The van der Waals surface area contributed by atoms with Crippen molar-refractivity contribution in [1.29, 1.82) is 0 Å². The SMILES string of the molecule is Nc1nc2c(ncn2[C@@H]2O[C@@H]3CO[P@@](=O)(S)O[C@@H]4[C@H](I)[C@@H](CO[P@](=O)(S)O[C@H]3[C@H]2F)O[C@H]4n2cnc3c(N)ncnc32)c(=O)[nH]1. The first-order chi connectivity index (χ1) is 21.3. The maximum atomic E-state index is 16.1. The average Bonchev–Trinajstić information content (AvgIpc) is 3.72. The molecule has 7 rings (SSSR count). The largest absolute Gasteiger partial charge is 0.386 e. The molecule has 5 N–H and O–H groups in total. The van der Waals surface area contributed by atoms with Crippen molar-refractivity contribution in [1.82, 2.24) is 39.0 Å². The van der Waals surface area contributed by atoms with Crippen LogP contribution in [-0.2, 0) is 36.7 Å². The lowest BCUT2D eigenvalue weighted by molar-refractivity contribution is -0.0560. The van der Waals surface area contributed by atoms with E-state index in [4.69, 9.17) is 39.0 Å². The van der Waals surface area contributed by atoms with Gasteiger partial charge in [-0.2, -0.15) is 4.98 Å². The van der Waals surface area contributed by atoms with Crippen molar-refractivity contribution in [3.8, 4) is 0 Å². The van der Waals surface area contributed by atoms with Crippen LogP contribution < -0.4 is 17.0 Å². The smallest absolute Gasteiger partial charge is 0.382 e. The molecule has 0 saturated carbocycles. The molecule has 3 aliphatic rings. The van der Waals surface area contributed by atoms with Gasteiger partial charge in [0.2, 0.25) is 5.95 Å². The Morgan fingerprint density at radius 1 is 0.911 bits per heavy atom. The minimum Gasteiger partial charge on any atom is -0.382 e. The van der Waals surface area contributed by atoms with Crippen molar-refractivity contribution in [3.63, 3.8) is 0 Å². The Kier molecular flexibility index (Phi) is 8.20. The number of H-pyrrole nitrogens is 1. The molecule has 0 radical (unpaired) electrons. The molecule has 4 aromatic rings. The Morgan fingerprint density at radius 2 is 1.53 bits per heavy atom. The number of nitrogen functional groups attached to an aromatic ring is 2. The van der Waals surface area contributed by atoms with E-state index in [2.05, 4.69) is 54.4 Å². The number of ether oxygens (including phenoxy) is 2. The van der Waals surface area contributed by atoms with Crippen LogP contribution in [0.2, 0.25) is 0 Å². The van der Waals surface area contributed by atoms with Gasteiger partial charge in [0.1, 0.15) is 30.2 Å². The number of aromatic nitrogens is 8. The molecule has 4 aromatic heterocycles. The Balaban J connectivity index is 1.21. The van der Waals surface area contributed by atoms with Gasteiger partial charge in [-0.15, -0.1) is 0 Å². The number of alkyl halides is 2. The minimum absolute atomic E-state index is 0.0842. The number of rotatable bonds is 2. The highest BCUT2D eigenvalue weighted by Crippen LogP contribution is 2.61. The molecule has 2 bridgehead atoms. The Hall–Kier alpha value is -1.92. The van der Waals surface area contributed by atoms with Gasteiger partial charge in [0.25, 0.3) is 5.56 Å². The summed E-state index contributed by atoms with van der Waals surface area (Å²) in [5.41, 5.74) is 11.3. The molecule has 0 amide bonds. The van der Waals surface area contributed by atoms with Gasteiger partial charge in [-0.1, -0.05) is 47.1 Å². The molecular weight excluding hydrogens is 796 g/mol. The number of fused-ring (bicyclic) bond motifs is 5. The number of hydrogen-bond acceptors (Lipinski definition) is 16. The summed E-state index contributed by atoms with van der Waals surface area (Å²) in [6.07, 6.45) is -5.65. The monoisotopic (exact) mass is 818 g/mol. The molecule has 3 fully saturated rings. The third-order valence-electron chi connectivity index (χ3n) is 7.23. The number of thiol groups is 2. The van der Waals surface area contributed by atoms with E-state index < -0.39 is 72.7 Å². The van der Waals surface area contributed by atoms with Crippen molar-refractivity contribution in [3.05, 3.63) is 29.3 Å². The lowest BCUT2D eigenvalue weighted by Crippen LogP contribution is -2.33. The van der Waals surface area contributed by atoms with E-state index in [1.54, 1.807) is 0 Å². The van der Waals surface area contributed by atoms with Gasteiger partial charge in [-0.25, -0.2) is 33.5 Å². The lowest BCUT2D eigenvalue weighted by Gasteiger charge is -2.26. The molecule has 0 unspecified atom stereocenters. The zero-order valence-electron chi connectivity index (χ0n) is 22.3.